The maximum Gasteiger partial charge on any atom is 0.244 e. The quantitative estimate of drug-likeness (QED) is 0.723. The summed E-state index contributed by atoms with van der Waals surface area (Å²) in [4.78, 5) is 13.1. The minimum Gasteiger partial charge on any atom is -0.325 e. The first-order chi connectivity index (χ1) is 14.1. The average molecular weight is 452 g/mol. The van der Waals surface area contributed by atoms with Crippen LogP contribution < -0.4 is 5.32 Å². The van der Waals surface area contributed by atoms with E-state index in [4.69, 9.17) is 0 Å². The molecule has 2 aromatic rings. The van der Waals surface area contributed by atoms with E-state index < -0.39 is 31.9 Å². The summed E-state index contributed by atoms with van der Waals surface area (Å²) in [6, 6.07) is 14.3. The molecule has 1 saturated heterocycles. The van der Waals surface area contributed by atoms with Gasteiger partial charge in [-0.3, -0.25) is 4.79 Å². The summed E-state index contributed by atoms with van der Waals surface area (Å²) in [5, 5.41) is 2.69. The largest absolute Gasteiger partial charge is 0.325 e. The Morgan fingerprint density at radius 2 is 1.63 bits per heavy atom. The summed E-state index contributed by atoms with van der Waals surface area (Å²) >= 11 is 0. The first kappa shape index (κ1) is 22.4. The van der Waals surface area contributed by atoms with Crippen LogP contribution in [0.5, 0.6) is 0 Å². The zero-order valence-corrected chi connectivity index (χ0v) is 18.5. The highest BCUT2D eigenvalue weighted by Gasteiger charge is 2.34. The number of carbonyl (C=O) groups is 1. The van der Waals surface area contributed by atoms with Crippen molar-refractivity contribution in [2.24, 2.45) is 5.92 Å². The minimum atomic E-state index is -3.74. The number of hydrogen-bond donors (Lipinski definition) is 1. The van der Waals surface area contributed by atoms with Gasteiger partial charge in [0, 0.05) is 27.2 Å². The molecule has 0 radical (unpaired) electrons. The van der Waals surface area contributed by atoms with E-state index in [1.165, 1.54) is 42.7 Å². The number of sulfonamides is 2. The van der Waals surface area contributed by atoms with Gasteiger partial charge in [0.2, 0.25) is 26.0 Å². The molecule has 1 fully saturated rings. The second-order valence-corrected chi connectivity index (χ2v) is 11.3. The Kier molecular flexibility index (Phi) is 6.61. The van der Waals surface area contributed by atoms with Gasteiger partial charge < -0.3 is 5.32 Å². The second kappa shape index (κ2) is 8.84. The van der Waals surface area contributed by atoms with Crippen LogP contribution in [0.1, 0.15) is 12.8 Å². The molecule has 0 aromatic heterocycles. The summed E-state index contributed by atoms with van der Waals surface area (Å²) in [6.07, 6.45) is 1.07. The predicted octanol–water partition coefficient (Wildman–Crippen LogP) is 1.98. The van der Waals surface area contributed by atoms with Crippen molar-refractivity contribution < 1.29 is 21.6 Å². The van der Waals surface area contributed by atoms with Gasteiger partial charge >= 0.3 is 0 Å². The van der Waals surface area contributed by atoms with E-state index in [-0.39, 0.29) is 22.0 Å². The summed E-state index contributed by atoms with van der Waals surface area (Å²) in [7, 11) is -4.60. The highest BCUT2D eigenvalue weighted by Crippen LogP contribution is 2.27. The molecule has 1 unspecified atom stereocenters. The molecule has 8 nitrogen and oxygen atoms in total. The summed E-state index contributed by atoms with van der Waals surface area (Å²) in [5.74, 6) is -0.975. The number of amides is 1. The van der Waals surface area contributed by atoms with Crippen LogP contribution in [0.2, 0.25) is 0 Å². The molecule has 1 aliphatic heterocycles. The number of rotatable bonds is 6. The van der Waals surface area contributed by atoms with Crippen LogP contribution in [0.25, 0.3) is 0 Å². The van der Waals surface area contributed by atoms with Crippen LogP contribution in [0.4, 0.5) is 5.69 Å². The van der Waals surface area contributed by atoms with Crippen molar-refractivity contribution in [1.82, 2.24) is 8.61 Å². The van der Waals surface area contributed by atoms with Gasteiger partial charge in [0.05, 0.1) is 16.5 Å². The topological polar surface area (TPSA) is 104 Å². The highest BCUT2D eigenvalue weighted by molar-refractivity contribution is 7.89. The highest BCUT2D eigenvalue weighted by atomic mass is 32.2. The van der Waals surface area contributed by atoms with Crippen molar-refractivity contribution in [3.05, 3.63) is 54.6 Å². The molecule has 1 aliphatic rings. The lowest BCUT2D eigenvalue weighted by Crippen LogP contribution is -2.43. The molecule has 1 atom stereocenters. The number of anilines is 1. The fourth-order valence-electron chi connectivity index (χ4n) is 3.34. The summed E-state index contributed by atoms with van der Waals surface area (Å²) in [6.45, 7) is 0.387. The van der Waals surface area contributed by atoms with Crippen LogP contribution in [-0.2, 0) is 24.8 Å². The number of nitrogens with one attached hydrogen (secondary N) is 1. The lowest BCUT2D eigenvalue weighted by atomic mass is 9.99. The Balaban J connectivity index is 1.79. The molecule has 3 rings (SSSR count). The molecule has 30 heavy (non-hydrogen) atoms. The molecule has 0 spiro atoms. The molecule has 1 amide bonds. The molecular weight excluding hydrogens is 426 g/mol. The van der Waals surface area contributed by atoms with Gasteiger partial charge in [-0.25, -0.2) is 21.1 Å². The maximum atomic E-state index is 12.9. The van der Waals surface area contributed by atoms with Crippen molar-refractivity contribution in [2.75, 3.05) is 32.5 Å². The van der Waals surface area contributed by atoms with E-state index in [1.807, 2.05) is 0 Å². The summed E-state index contributed by atoms with van der Waals surface area (Å²) in [5.41, 5.74) is 0.180. The van der Waals surface area contributed by atoms with Crippen LogP contribution in [0.15, 0.2) is 64.4 Å². The van der Waals surface area contributed by atoms with Crippen LogP contribution in [-0.4, -0.2) is 58.5 Å². The molecule has 0 aliphatic carbocycles. The van der Waals surface area contributed by atoms with E-state index in [2.05, 4.69) is 5.32 Å². The number of carbonyl (C=O) groups excluding carboxylic acids is 1. The van der Waals surface area contributed by atoms with E-state index in [9.17, 15) is 21.6 Å². The number of para-hydroxylation sites is 1. The second-order valence-electron chi connectivity index (χ2n) is 7.29. The zero-order chi connectivity index (χ0) is 21.9. The van der Waals surface area contributed by atoms with E-state index >= 15 is 0 Å². The van der Waals surface area contributed by atoms with Crippen molar-refractivity contribution in [2.45, 2.75) is 22.6 Å². The third kappa shape index (κ3) is 4.56. The van der Waals surface area contributed by atoms with Gasteiger partial charge in [0.25, 0.3) is 0 Å². The molecule has 0 saturated carbocycles. The van der Waals surface area contributed by atoms with Crippen LogP contribution in [0.3, 0.4) is 0 Å². The van der Waals surface area contributed by atoms with Crippen molar-refractivity contribution in [1.29, 1.82) is 0 Å². The standard InChI is InChI=1S/C20H25N3O5S2/c1-22(2)30(27,28)19-13-7-6-12-18(19)21-20(24)16-9-8-14-23(15-16)29(25,26)17-10-4-3-5-11-17/h3-7,10-13,16H,8-9,14-15H2,1-2H3,(H,21,24). The Bertz CT molecular complexity index is 1120. The Morgan fingerprint density at radius 3 is 2.30 bits per heavy atom. The first-order valence-corrected chi connectivity index (χ1v) is 12.4. The van der Waals surface area contributed by atoms with Crippen molar-refractivity contribution in [3.63, 3.8) is 0 Å². The molecular formula is C20H25N3O5S2. The van der Waals surface area contributed by atoms with E-state index in [0.29, 0.717) is 19.4 Å². The average Bonchev–Trinajstić information content (AvgIpc) is 2.74. The minimum absolute atomic E-state index is 0.00655. The normalized spacial score (nSPS) is 18.3. The van der Waals surface area contributed by atoms with Gasteiger partial charge in [0.15, 0.2) is 0 Å². The van der Waals surface area contributed by atoms with Crippen molar-refractivity contribution >= 4 is 31.6 Å². The molecule has 0 bridgehead atoms. The van der Waals surface area contributed by atoms with Crippen LogP contribution >= 0.6 is 0 Å². The number of nitrogens with zero attached hydrogens (tertiary/aromatic N) is 2. The van der Waals surface area contributed by atoms with Crippen molar-refractivity contribution in [3.8, 4) is 0 Å². The third-order valence-corrected chi connectivity index (χ3v) is 8.79. The van der Waals surface area contributed by atoms with E-state index in [0.717, 1.165) is 4.31 Å². The van der Waals surface area contributed by atoms with E-state index in [1.54, 1.807) is 30.3 Å². The molecule has 1 N–H and O–H groups in total. The zero-order valence-electron chi connectivity index (χ0n) is 16.9. The molecule has 162 valence electrons. The lowest BCUT2D eigenvalue weighted by Gasteiger charge is -2.31. The monoisotopic (exact) mass is 451 g/mol. The molecule has 2 aromatic carbocycles. The van der Waals surface area contributed by atoms with Gasteiger partial charge in [-0.05, 0) is 37.1 Å². The molecule has 1 heterocycles. The number of piperidine rings is 1. The first-order valence-electron chi connectivity index (χ1n) is 9.51. The summed E-state index contributed by atoms with van der Waals surface area (Å²) < 4.78 is 53.2. The lowest BCUT2D eigenvalue weighted by molar-refractivity contribution is -0.120. The van der Waals surface area contributed by atoms with Crippen LogP contribution in [0, 0.1) is 5.92 Å². The number of hydrogen-bond acceptors (Lipinski definition) is 5. The Morgan fingerprint density at radius 1 is 1.00 bits per heavy atom. The van der Waals surface area contributed by atoms with Gasteiger partial charge in [-0.15, -0.1) is 0 Å². The third-order valence-electron chi connectivity index (χ3n) is 5.04. The smallest absolute Gasteiger partial charge is 0.244 e. The maximum absolute atomic E-state index is 12.9. The fraction of sp³-hybridized carbons (Fsp3) is 0.350. The predicted molar refractivity (Wildman–Crippen MR) is 114 cm³/mol. The van der Waals surface area contributed by atoms with Gasteiger partial charge in [0.1, 0.15) is 4.90 Å². The SMILES string of the molecule is CN(C)S(=O)(=O)c1ccccc1NC(=O)C1CCCN(S(=O)(=O)c2ccccc2)C1. The van der Waals surface area contributed by atoms with Gasteiger partial charge in [-0.2, -0.15) is 4.31 Å². The Labute approximate surface area is 177 Å². The fourth-order valence-corrected chi connectivity index (χ4v) is 5.93. The Hall–Kier alpha value is -2.27. The number of benzene rings is 2. The molecule has 10 heteroatoms. The van der Waals surface area contributed by atoms with Gasteiger partial charge in [-0.1, -0.05) is 30.3 Å².